The summed E-state index contributed by atoms with van der Waals surface area (Å²) in [5.41, 5.74) is -1.13. The monoisotopic (exact) mass is 363 g/mol. The van der Waals surface area contributed by atoms with Gasteiger partial charge in [-0.25, -0.2) is 0 Å². The largest absolute Gasteiger partial charge is 0.404 e. The Labute approximate surface area is 141 Å². The third kappa shape index (κ3) is 3.50. The van der Waals surface area contributed by atoms with Crippen LogP contribution in [0, 0.1) is 0 Å². The van der Waals surface area contributed by atoms with E-state index < -0.39 is 22.9 Å². The van der Waals surface area contributed by atoms with Crippen molar-refractivity contribution in [1.29, 1.82) is 0 Å². The van der Waals surface area contributed by atoms with Gasteiger partial charge in [0.2, 0.25) is 5.91 Å². The maximum Gasteiger partial charge on any atom is 0.404 e. The Morgan fingerprint density at radius 2 is 1.67 bits per heavy atom. The molecule has 24 heavy (non-hydrogen) atoms. The molecule has 1 aliphatic heterocycles. The second-order valence-corrected chi connectivity index (χ2v) is 7.45. The first-order valence-electron chi connectivity index (χ1n) is 8.20. The van der Waals surface area contributed by atoms with Gasteiger partial charge in [0.1, 0.15) is 11.1 Å². The number of amides is 1. The van der Waals surface area contributed by atoms with Crippen LogP contribution in [0.2, 0.25) is 0 Å². The second kappa shape index (κ2) is 6.85. The van der Waals surface area contributed by atoms with E-state index in [1.807, 2.05) is 0 Å². The Morgan fingerprint density at radius 3 is 2.29 bits per heavy atom. The Balaban J connectivity index is 2.03. The Morgan fingerprint density at radius 1 is 1.04 bits per heavy atom. The van der Waals surface area contributed by atoms with Crippen molar-refractivity contribution in [2.75, 3.05) is 11.1 Å². The molecule has 1 amide bonds. The van der Waals surface area contributed by atoms with Crippen molar-refractivity contribution in [3.8, 4) is 0 Å². The van der Waals surface area contributed by atoms with Crippen LogP contribution in [0.25, 0.3) is 0 Å². The van der Waals surface area contributed by atoms with E-state index in [-0.39, 0.29) is 23.2 Å². The predicted molar refractivity (Wildman–Crippen MR) is 86.3 cm³/mol. The molecule has 2 aliphatic rings. The highest BCUT2D eigenvalue weighted by Gasteiger charge is 2.47. The lowest BCUT2D eigenvalue weighted by molar-refractivity contribution is -0.129. The van der Waals surface area contributed by atoms with Crippen LogP contribution < -0.4 is 10.9 Å². The van der Waals surface area contributed by atoms with Crippen molar-refractivity contribution in [3.05, 3.63) is 15.9 Å². The molecular formula is C15H20F3N3O2S. The van der Waals surface area contributed by atoms with Gasteiger partial charge in [0, 0.05) is 0 Å². The van der Waals surface area contributed by atoms with E-state index in [0.29, 0.717) is 11.8 Å². The zero-order chi connectivity index (χ0) is 17.3. The number of nitrogens with one attached hydrogen (secondary N) is 2. The Bertz CT molecular complexity index is 660. The lowest BCUT2D eigenvalue weighted by atomic mass is 9.97. The number of rotatable bonds is 1. The first-order valence-corrected chi connectivity index (χ1v) is 9.25. The van der Waals surface area contributed by atoms with Crippen LogP contribution >= 0.6 is 11.8 Å². The number of aromatic amines is 1. The minimum Gasteiger partial charge on any atom is -0.310 e. The summed E-state index contributed by atoms with van der Waals surface area (Å²) in [7, 11) is 0. The summed E-state index contributed by atoms with van der Waals surface area (Å²) >= 11 is 0.453. The molecule has 0 unspecified atom stereocenters. The molecule has 9 heteroatoms. The highest BCUT2D eigenvalue weighted by atomic mass is 32.2. The number of thioether (sulfide) groups is 1. The molecule has 2 N–H and O–H groups in total. The SMILES string of the molecule is O=C1CS[C@H](C(F)(F)F)c2c(n(C3CCCCCCC3)[nH]c2=O)N1. The van der Waals surface area contributed by atoms with Gasteiger partial charge in [-0.3, -0.25) is 19.4 Å². The third-order valence-corrected chi connectivity index (χ3v) is 5.87. The number of nitrogens with zero attached hydrogens (tertiary/aromatic N) is 1. The summed E-state index contributed by atoms with van der Waals surface area (Å²) in [6.07, 6.45) is 2.25. The number of hydrogen-bond donors (Lipinski definition) is 2. The second-order valence-electron chi connectivity index (χ2n) is 6.35. The molecule has 3 rings (SSSR count). The van der Waals surface area contributed by atoms with Crippen LogP contribution in [0.3, 0.4) is 0 Å². The summed E-state index contributed by atoms with van der Waals surface area (Å²) in [6, 6.07) is -0.0842. The van der Waals surface area contributed by atoms with Crippen LogP contribution in [-0.2, 0) is 4.79 Å². The molecule has 0 saturated heterocycles. The van der Waals surface area contributed by atoms with Gasteiger partial charge in [0.15, 0.2) is 0 Å². The van der Waals surface area contributed by atoms with Crippen molar-refractivity contribution in [3.63, 3.8) is 0 Å². The number of halogens is 3. The molecule has 1 aliphatic carbocycles. The molecule has 1 atom stereocenters. The van der Waals surface area contributed by atoms with Gasteiger partial charge in [-0.05, 0) is 12.8 Å². The van der Waals surface area contributed by atoms with Crippen molar-refractivity contribution >= 4 is 23.5 Å². The lowest BCUT2D eigenvalue weighted by Crippen LogP contribution is -2.23. The van der Waals surface area contributed by atoms with E-state index in [0.717, 1.165) is 44.9 Å². The maximum atomic E-state index is 13.4. The fourth-order valence-electron chi connectivity index (χ4n) is 3.47. The van der Waals surface area contributed by atoms with Gasteiger partial charge in [0.05, 0.1) is 17.4 Å². The predicted octanol–water partition coefficient (Wildman–Crippen LogP) is 3.75. The van der Waals surface area contributed by atoms with E-state index in [9.17, 15) is 22.8 Å². The van der Waals surface area contributed by atoms with Gasteiger partial charge < -0.3 is 5.32 Å². The summed E-state index contributed by atoms with van der Waals surface area (Å²) in [6.45, 7) is 0. The van der Waals surface area contributed by atoms with E-state index in [4.69, 9.17) is 0 Å². The number of carbonyl (C=O) groups is 1. The fourth-order valence-corrected chi connectivity index (χ4v) is 4.43. The summed E-state index contributed by atoms with van der Waals surface area (Å²) in [5.74, 6) is -0.822. The molecule has 0 aromatic carbocycles. The van der Waals surface area contributed by atoms with E-state index >= 15 is 0 Å². The number of alkyl halides is 3. The molecule has 5 nitrogen and oxygen atoms in total. The van der Waals surface area contributed by atoms with Crippen LogP contribution in [0.15, 0.2) is 4.79 Å². The van der Waals surface area contributed by atoms with Gasteiger partial charge >= 0.3 is 6.18 Å². The number of fused-ring (bicyclic) bond motifs is 1. The first-order chi connectivity index (χ1) is 11.4. The smallest absolute Gasteiger partial charge is 0.310 e. The van der Waals surface area contributed by atoms with Crippen molar-refractivity contribution in [2.45, 2.75) is 62.4 Å². The molecule has 0 bridgehead atoms. The third-order valence-electron chi connectivity index (χ3n) is 4.60. The number of aromatic nitrogens is 2. The standard InChI is InChI=1S/C15H20F3N3O2S/c16-15(17,18)12-11-13(19-10(22)8-24-12)21(20-14(11)23)9-6-4-2-1-3-5-7-9/h9,12H,1-8H2,(H,19,22)(H,20,23)/t12-/m0/s1. The minimum atomic E-state index is -4.58. The molecule has 2 heterocycles. The summed E-state index contributed by atoms with van der Waals surface area (Å²) in [5, 5.41) is 3.09. The molecule has 0 spiro atoms. The van der Waals surface area contributed by atoms with E-state index in [1.165, 1.54) is 4.68 Å². The summed E-state index contributed by atoms with van der Waals surface area (Å²) in [4.78, 5) is 24.1. The fraction of sp³-hybridized carbons (Fsp3) is 0.733. The molecule has 1 aromatic rings. The number of hydrogen-bond acceptors (Lipinski definition) is 3. The highest BCUT2D eigenvalue weighted by molar-refractivity contribution is 8.00. The van der Waals surface area contributed by atoms with Crippen molar-refractivity contribution in [1.82, 2.24) is 9.78 Å². The van der Waals surface area contributed by atoms with Crippen molar-refractivity contribution in [2.24, 2.45) is 0 Å². The van der Waals surface area contributed by atoms with Crippen molar-refractivity contribution < 1.29 is 18.0 Å². The zero-order valence-electron chi connectivity index (χ0n) is 13.1. The van der Waals surface area contributed by atoms with Gasteiger partial charge in [-0.1, -0.05) is 32.1 Å². The quantitative estimate of drug-likeness (QED) is 0.799. The summed E-state index contributed by atoms with van der Waals surface area (Å²) < 4.78 is 41.5. The average molecular weight is 363 g/mol. The molecule has 1 saturated carbocycles. The van der Waals surface area contributed by atoms with Gasteiger partial charge in [0.25, 0.3) is 5.56 Å². The highest BCUT2D eigenvalue weighted by Crippen LogP contribution is 2.46. The maximum absolute atomic E-state index is 13.4. The van der Waals surface area contributed by atoms with Gasteiger partial charge in [-0.15, -0.1) is 11.8 Å². The van der Waals surface area contributed by atoms with E-state index in [1.54, 1.807) is 0 Å². The zero-order valence-corrected chi connectivity index (χ0v) is 13.9. The Hall–Kier alpha value is -1.38. The van der Waals surface area contributed by atoms with Gasteiger partial charge in [-0.2, -0.15) is 13.2 Å². The topological polar surface area (TPSA) is 66.9 Å². The Kier molecular flexibility index (Phi) is 4.98. The molecule has 1 aromatic heterocycles. The first kappa shape index (κ1) is 17.4. The minimum absolute atomic E-state index is 0.00268. The van der Waals surface area contributed by atoms with Crippen LogP contribution in [0.5, 0.6) is 0 Å². The normalized spacial score (nSPS) is 23.8. The molecule has 134 valence electrons. The molecule has 1 fully saturated rings. The molecule has 0 radical (unpaired) electrons. The van der Waals surface area contributed by atoms with E-state index in [2.05, 4.69) is 10.4 Å². The lowest BCUT2D eigenvalue weighted by Gasteiger charge is -2.23. The average Bonchev–Trinajstić information content (AvgIpc) is 2.65. The number of anilines is 1. The number of carbonyl (C=O) groups excluding carboxylic acids is 1. The van der Waals surface area contributed by atoms with Crippen LogP contribution in [0.4, 0.5) is 19.0 Å². The molecular weight excluding hydrogens is 343 g/mol. The van der Waals surface area contributed by atoms with Crippen LogP contribution in [-0.4, -0.2) is 27.6 Å². The van der Waals surface area contributed by atoms with Crippen LogP contribution in [0.1, 0.15) is 61.8 Å². The number of H-pyrrole nitrogens is 1.